The summed E-state index contributed by atoms with van der Waals surface area (Å²) in [5.41, 5.74) is 0. The van der Waals surface area contributed by atoms with Crippen LogP contribution in [0.15, 0.2) is 17.5 Å². The van der Waals surface area contributed by atoms with Gasteiger partial charge in [0.2, 0.25) is 5.91 Å². The van der Waals surface area contributed by atoms with Crippen molar-refractivity contribution in [1.29, 1.82) is 0 Å². The molecule has 0 unspecified atom stereocenters. The average molecular weight is 340 g/mol. The molecule has 1 saturated heterocycles. The first-order chi connectivity index (χ1) is 11.0. The van der Waals surface area contributed by atoms with Gasteiger partial charge in [-0.2, -0.15) is 0 Å². The number of nitrogens with zero attached hydrogens (tertiary/aromatic N) is 1. The summed E-state index contributed by atoms with van der Waals surface area (Å²) in [6.07, 6.45) is 2.01. The van der Waals surface area contributed by atoms with Crippen molar-refractivity contribution in [3.8, 4) is 0 Å². The van der Waals surface area contributed by atoms with E-state index < -0.39 is 0 Å². The number of carbonyl (C=O) groups is 1. The molecule has 1 aliphatic rings. The molecule has 0 radical (unpaired) electrons. The minimum atomic E-state index is -0.251. The molecule has 2 atom stereocenters. The summed E-state index contributed by atoms with van der Waals surface area (Å²) in [6.45, 7) is 7.97. The third kappa shape index (κ3) is 6.59. The first-order valence-electron chi connectivity index (χ1n) is 8.48. The van der Waals surface area contributed by atoms with Crippen LogP contribution < -0.4 is 10.6 Å². The largest absolute Gasteiger partial charge is 0.392 e. The zero-order valence-electron chi connectivity index (χ0n) is 14.1. The molecule has 5 nitrogen and oxygen atoms in total. The maximum absolute atomic E-state index is 12.0. The van der Waals surface area contributed by atoms with Gasteiger partial charge in [-0.1, -0.05) is 6.07 Å². The molecule has 1 aromatic rings. The molecule has 23 heavy (non-hydrogen) atoms. The molecule has 0 aromatic carbocycles. The molecule has 2 heterocycles. The van der Waals surface area contributed by atoms with Crippen LogP contribution in [0.25, 0.3) is 0 Å². The Morgan fingerprint density at radius 3 is 2.78 bits per heavy atom. The van der Waals surface area contributed by atoms with Gasteiger partial charge in [-0.3, -0.25) is 4.79 Å². The van der Waals surface area contributed by atoms with Crippen molar-refractivity contribution >= 4 is 17.2 Å². The van der Waals surface area contributed by atoms with Crippen molar-refractivity contribution in [2.24, 2.45) is 5.92 Å². The molecule has 0 spiro atoms. The Morgan fingerprint density at radius 2 is 2.17 bits per heavy atom. The predicted octanol–water partition coefficient (Wildman–Crippen LogP) is 1.61. The monoisotopic (exact) mass is 339 g/mol. The van der Waals surface area contributed by atoms with E-state index in [0.29, 0.717) is 12.5 Å². The summed E-state index contributed by atoms with van der Waals surface area (Å²) in [4.78, 5) is 15.5. The van der Waals surface area contributed by atoms with Crippen LogP contribution >= 0.6 is 11.3 Å². The fourth-order valence-corrected chi connectivity index (χ4v) is 3.77. The molecule has 3 N–H and O–H groups in total. The zero-order valence-corrected chi connectivity index (χ0v) is 14.9. The predicted molar refractivity (Wildman–Crippen MR) is 94.6 cm³/mol. The van der Waals surface area contributed by atoms with Crippen LogP contribution in [0.3, 0.4) is 0 Å². The van der Waals surface area contributed by atoms with Crippen molar-refractivity contribution in [3.63, 3.8) is 0 Å². The van der Waals surface area contributed by atoms with Crippen LogP contribution in [0.4, 0.5) is 0 Å². The molecule has 0 aliphatic carbocycles. The standard InChI is InChI=1S/C17H29N3O2S/c1-13(21)12-20-7-5-15(6-8-20)10-18-11-17(22)19-14(2)16-4-3-9-23-16/h3-4,9,13-15,18,21H,5-8,10-12H2,1-2H3,(H,19,22)/t13-,14-/m1/s1. The van der Waals surface area contributed by atoms with Crippen molar-refractivity contribution in [3.05, 3.63) is 22.4 Å². The molecule has 0 saturated carbocycles. The van der Waals surface area contributed by atoms with Crippen LogP contribution in [0, 0.1) is 5.92 Å². The fraction of sp³-hybridized carbons (Fsp3) is 0.706. The lowest BCUT2D eigenvalue weighted by molar-refractivity contribution is -0.120. The van der Waals surface area contributed by atoms with Crippen molar-refractivity contribution in [2.45, 2.75) is 38.8 Å². The summed E-state index contributed by atoms with van der Waals surface area (Å²) >= 11 is 1.67. The molecular formula is C17H29N3O2S. The van der Waals surface area contributed by atoms with E-state index in [-0.39, 0.29) is 18.1 Å². The lowest BCUT2D eigenvalue weighted by Gasteiger charge is -2.32. The van der Waals surface area contributed by atoms with Crippen LogP contribution in [0.1, 0.15) is 37.6 Å². The molecule has 130 valence electrons. The van der Waals surface area contributed by atoms with Gasteiger partial charge in [0.25, 0.3) is 0 Å². The topological polar surface area (TPSA) is 64.6 Å². The van der Waals surface area contributed by atoms with E-state index in [2.05, 4.69) is 15.5 Å². The van der Waals surface area contributed by atoms with E-state index in [1.807, 2.05) is 31.4 Å². The molecule has 2 rings (SSSR count). The lowest BCUT2D eigenvalue weighted by atomic mass is 9.96. The Labute approximate surface area is 143 Å². The summed E-state index contributed by atoms with van der Waals surface area (Å²) < 4.78 is 0. The Balaban J connectivity index is 1.57. The van der Waals surface area contributed by atoms with Crippen LogP contribution in [0.5, 0.6) is 0 Å². The number of rotatable bonds is 8. The van der Waals surface area contributed by atoms with E-state index in [0.717, 1.165) is 39.0 Å². The first-order valence-corrected chi connectivity index (χ1v) is 9.36. The van der Waals surface area contributed by atoms with Crippen molar-refractivity contribution < 1.29 is 9.90 Å². The summed E-state index contributed by atoms with van der Waals surface area (Å²) in [5, 5.41) is 17.7. The van der Waals surface area contributed by atoms with Crippen LogP contribution in [-0.4, -0.2) is 54.7 Å². The van der Waals surface area contributed by atoms with E-state index in [4.69, 9.17) is 0 Å². The fourth-order valence-electron chi connectivity index (χ4n) is 3.04. The minimum Gasteiger partial charge on any atom is -0.392 e. The van der Waals surface area contributed by atoms with Gasteiger partial charge in [0.15, 0.2) is 0 Å². The van der Waals surface area contributed by atoms with Crippen LogP contribution in [0.2, 0.25) is 0 Å². The quantitative estimate of drug-likeness (QED) is 0.673. The molecule has 1 aliphatic heterocycles. The Kier molecular flexibility index (Phi) is 7.49. The highest BCUT2D eigenvalue weighted by Gasteiger charge is 2.20. The third-order valence-electron chi connectivity index (χ3n) is 4.30. The summed E-state index contributed by atoms with van der Waals surface area (Å²) in [5.74, 6) is 0.681. The maximum Gasteiger partial charge on any atom is 0.234 e. The van der Waals surface area contributed by atoms with Gasteiger partial charge in [-0.15, -0.1) is 11.3 Å². The van der Waals surface area contributed by atoms with Gasteiger partial charge in [-0.05, 0) is 63.7 Å². The highest BCUT2D eigenvalue weighted by Crippen LogP contribution is 2.18. The molecule has 1 fully saturated rings. The van der Waals surface area contributed by atoms with E-state index in [9.17, 15) is 9.90 Å². The van der Waals surface area contributed by atoms with Gasteiger partial charge in [0.1, 0.15) is 0 Å². The van der Waals surface area contributed by atoms with Gasteiger partial charge < -0.3 is 20.6 Å². The molecule has 1 aromatic heterocycles. The number of nitrogens with one attached hydrogen (secondary N) is 2. The number of carbonyl (C=O) groups excluding carboxylic acids is 1. The SMILES string of the molecule is C[C@@H](O)CN1CCC(CNCC(=O)N[C@H](C)c2cccs2)CC1. The maximum atomic E-state index is 12.0. The number of thiophene rings is 1. The van der Waals surface area contributed by atoms with Gasteiger partial charge >= 0.3 is 0 Å². The van der Waals surface area contributed by atoms with Crippen LogP contribution in [-0.2, 0) is 4.79 Å². The van der Waals surface area contributed by atoms with Crippen molar-refractivity contribution in [1.82, 2.24) is 15.5 Å². The highest BCUT2D eigenvalue weighted by molar-refractivity contribution is 7.10. The van der Waals surface area contributed by atoms with Gasteiger partial charge in [0.05, 0.1) is 18.7 Å². The number of aliphatic hydroxyl groups excluding tert-OH is 1. The second-order valence-electron chi connectivity index (χ2n) is 6.53. The second kappa shape index (κ2) is 9.37. The number of amides is 1. The van der Waals surface area contributed by atoms with E-state index in [1.54, 1.807) is 11.3 Å². The normalized spacial score (nSPS) is 19.4. The molecule has 6 heteroatoms. The summed E-state index contributed by atoms with van der Waals surface area (Å²) in [7, 11) is 0. The Hall–Kier alpha value is -0.950. The molecule has 1 amide bonds. The zero-order chi connectivity index (χ0) is 16.7. The minimum absolute atomic E-state index is 0.0532. The average Bonchev–Trinajstić information content (AvgIpc) is 3.03. The van der Waals surface area contributed by atoms with E-state index in [1.165, 1.54) is 4.88 Å². The number of aliphatic hydroxyl groups is 1. The first kappa shape index (κ1) is 18.4. The number of likely N-dealkylation sites (tertiary alicyclic amines) is 1. The number of hydrogen-bond donors (Lipinski definition) is 3. The van der Waals surface area contributed by atoms with Gasteiger partial charge in [0, 0.05) is 11.4 Å². The van der Waals surface area contributed by atoms with Crippen molar-refractivity contribution in [2.75, 3.05) is 32.7 Å². The van der Waals surface area contributed by atoms with Gasteiger partial charge in [-0.25, -0.2) is 0 Å². The number of β-amino-alcohol motifs (C(OH)–C–C–N with tert-alkyl or cyclic N) is 1. The highest BCUT2D eigenvalue weighted by atomic mass is 32.1. The molecular weight excluding hydrogens is 310 g/mol. The summed E-state index contributed by atoms with van der Waals surface area (Å²) in [6, 6.07) is 4.13. The molecule has 0 bridgehead atoms. The van der Waals surface area contributed by atoms with E-state index >= 15 is 0 Å². The number of hydrogen-bond acceptors (Lipinski definition) is 5. The number of piperidine rings is 1. The smallest absolute Gasteiger partial charge is 0.234 e. The second-order valence-corrected chi connectivity index (χ2v) is 7.51. The lowest BCUT2D eigenvalue weighted by Crippen LogP contribution is -2.42. The Bertz CT molecular complexity index is 456. The third-order valence-corrected chi connectivity index (χ3v) is 5.35. The Morgan fingerprint density at radius 1 is 1.43 bits per heavy atom.